The van der Waals surface area contributed by atoms with E-state index in [0.29, 0.717) is 18.4 Å². The Morgan fingerprint density at radius 2 is 1.81 bits per heavy atom. The SMILES string of the molecule is N#CC1(NC(=O)COC(=O)c2ccc3c4c(cccc24)CC3)CCCCC1. The fourth-order valence-corrected chi connectivity index (χ4v) is 4.36. The molecular formula is C22H22N2O3. The van der Waals surface area contributed by atoms with E-state index < -0.39 is 17.4 Å². The third-order valence-corrected chi connectivity index (χ3v) is 5.73. The Morgan fingerprint density at radius 3 is 2.56 bits per heavy atom. The molecule has 5 heteroatoms. The zero-order valence-electron chi connectivity index (χ0n) is 15.2. The number of carbonyl (C=O) groups excluding carboxylic acids is 2. The van der Waals surface area contributed by atoms with Crippen LogP contribution in [-0.4, -0.2) is 24.0 Å². The van der Waals surface area contributed by atoms with Crippen LogP contribution in [-0.2, 0) is 22.4 Å². The number of amides is 1. The van der Waals surface area contributed by atoms with Gasteiger partial charge in [0.25, 0.3) is 5.91 Å². The van der Waals surface area contributed by atoms with Crippen LogP contribution in [0.25, 0.3) is 10.8 Å². The number of ether oxygens (including phenoxy) is 1. The fraction of sp³-hybridized carbons (Fsp3) is 0.409. The highest BCUT2D eigenvalue weighted by molar-refractivity contribution is 6.07. The topological polar surface area (TPSA) is 79.2 Å². The number of hydrogen-bond acceptors (Lipinski definition) is 4. The molecule has 1 amide bonds. The Labute approximate surface area is 158 Å². The van der Waals surface area contributed by atoms with Crippen molar-refractivity contribution in [3.63, 3.8) is 0 Å². The predicted molar refractivity (Wildman–Crippen MR) is 101 cm³/mol. The molecule has 0 saturated heterocycles. The Kier molecular flexibility index (Phi) is 4.57. The van der Waals surface area contributed by atoms with Crippen molar-refractivity contribution in [2.24, 2.45) is 0 Å². The molecular weight excluding hydrogens is 340 g/mol. The minimum absolute atomic E-state index is 0.370. The second-order valence-electron chi connectivity index (χ2n) is 7.49. The number of aryl methyl sites for hydroxylation is 2. The first-order chi connectivity index (χ1) is 13.1. The van der Waals surface area contributed by atoms with Crippen LogP contribution in [0.15, 0.2) is 30.3 Å². The Morgan fingerprint density at radius 1 is 1.07 bits per heavy atom. The van der Waals surface area contributed by atoms with Gasteiger partial charge in [0, 0.05) is 0 Å². The molecule has 2 aliphatic rings. The molecule has 0 bridgehead atoms. The van der Waals surface area contributed by atoms with Gasteiger partial charge in [-0.3, -0.25) is 4.79 Å². The van der Waals surface area contributed by atoms with Gasteiger partial charge in [-0.25, -0.2) is 4.79 Å². The van der Waals surface area contributed by atoms with Gasteiger partial charge in [0.15, 0.2) is 6.61 Å². The van der Waals surface area contributed by atoms with Crippen LogP contribution in [0.4, 0.5) is 0 Å². The van der Waals surface area contributed by atoms with Gasteiger partial charge >= 0.3 is 5.97 Å². The van der Waals surface area contributed by atoms with Crippen LogP contribution in [0.1, 0.15) is 53.6 Å². The maximum atomic E-state index is 12.6. The van der Waals surface area contributed by atoms with E-state index >= 15 is 0 Å². The summed E-state index contributed by atoms with van der Waals surface area (Å²) in [6.07, 6.45) is 6.21. The maximum Gasteiger partial charge on any atom is 0.339 e. The number of nitriles is 1. The summed E-state index contributed by atoms with van der Waals surface area (Å²) in [4.78, 5) is 24.8. The molecule has 2 aromatic carbocycles. The molecule has 2 aliphatic carbocycles. The van der Waals surface area contributed by atoms with Crippen LogP contribution in [0.3, 0.4) is 0 Å². The Balaban J connectivity index is 1.45. The molecule has 0 unspecified atom stereocenters. The van der Waals surface area contributed by atoms with E-state index in [4.69, 9.17) is 4.74 Å². The molecule has 0 heterocycles. The summed E-state index contributed by atoms with van der Waals surface area (Å²) < 4.78 is 5.27. The monoisotopic (exact) mass is 362 g/mol. The molecule has 4 rings (SSSR count). The van der Waals surface area contributed by atoms with Crippen molar-refractivity contribution in [2.75, 3.05) is 6.61 Å². The van der Waals surface area contributed by atoms with Gasteiger partial charge in [-0.1, -0.05) is 43.5 Å². The second-order valence-corrected chi connectivity index (χ2v) is 7.49. The smallest absolute Gasteiger partial charge is 0.339 e. The van der Waals surface area contributed by atoms with Crippen LogP contribution in [0.5, 0.6) is 0 Å². The van der Waals surface area contributed by atoms with Crippen molar-refractivity contribution in [3.05, 3.63) is 47.0 Å². The quantitative estimate of drug-likeness (QED) is 0.845. The summed E-state index contributed by atoms with van der Waals surface area (Å²) in [6.45, 7) is -0.370. The number of nitrogens with one attached hydrogen (secondary N) is 1. The molecule has 0 atom stereocenters. The first-order valence-electron chi connectivity index (χ1n) is 9.55. The Hall–Kier alpha value is -2.87. The molecule has 138 valence electrons. The van der Waals surface area contributed by atoms with Gasteiger partial charge < -0.3 is 10.1 Å². The van der Waals surface area contributed by atoms with Gasteiger partial charge in [0.05, 0.1) is 11.6 Å². The molecule has 1 saturated carbocycles. The lowest BCUT2D eigenvalue weighted by Crippen LogP contribution is -2.50. The molecule has 27 heavy (non-hydrogen) atoms. The number of nitrogens with zero attached hydrogens (tertiary/aromatic N) is 1. The van der Waals surface area contributed by atoms with Crippen LogP contribution in [0, 0.1) is 11.3 Å². The van der Waals surface area contributed by atoms with E-state index in [2.05, 4.69) is 17.5 Å². The fourth-order valence-electron chi connectivity index (χ4n) is 4.36. The van der Waals surface area contributed by atoms with E-state index in [-0.39, 0.29) is 6.61 Å². The average molecular weight is 362 g/mol. The van der Waals surface area contributed by atoms with Crippen molar-refractivity contribution < 1.29 is 14.3 Å². The second kappa shape index (κ2) is 7.03. The molecule has 1 N–H and O–H groups in total. The number of esters is 1. The zero-order chi connectivity index (χ0) is 18.9. The van der Waals surface area contributed by atoms with Crippen molar-refractivity contribution >= 4 is 22.6 Å². The lowest BCUT2D eigenvalue weighted by atomic mass is 9.83. The normalized spacial score (nSPS) is 17.3. The van der Waals surface area contributed by atoms with E-state index in [0.717, 1.165) is 42.9 Å². The lowest BCUT2D eigenvalue weighted by molar-refractivity contribution is -0.125. The molecule has 0 aliphatic heterocycles. The molecule has 0 aromatic heterocycles. The van der Waals surface area contributed by atoms with Crippen molar-refractivity contribution in [1.82, 2.24) is 5.32 Å². The van der Waals surface area contributed by atoms with E-state index in [1.807, 2.05) is 18.2 Å². The highest BCUT2D eigenvalue weighted by Gasteiger charge is 2.33. The molecule has 5 nitrogen and oxygen atoms in total. The summed E-state index contributed by atoms with van der Waals surface area (Å²) in [5, 5.41) is 14.3. The first-order valence-corrected chi connectivity index (χ1v) is 9.55. The van der Waals surface area contributed by atoms with Gasteiger partial charge in [-0.2, -0.15) is 5.26 Å². The van der Waals surface area contributed by atoms with Gasteiger partial charge in [0.2, 0.25) is 0 Å². The lowest BCUT2D eigenvalue weighted by Gasteiger charge is -2.31. The predicted octanol–water partition coefficient (Wildman–Crippen LogP) is 3.44. The van der Waals surface area contributed by atoms with E-state index in [9.17, 15) is 14.9 Å². The largest absolute Gasteiger partial charge is 0.452 e. The van der Waals surface area contributed by atoms with Crippen LogP contribution >= 0.6 is 0 Å². The van der Waals surface area contributed by atoms with E-state index in [1.54, 1.807) is 6.07 Å². The molecule has 0 spiro atoms. The van der Waals surface area contributed by atoms with Gasteiger partial charge in [0.1, 0.15) is 5.54 Å². The molecule has 0 radical (unpaired) electrons. The molecule has 1 fully saturated rings. The minimum atomic E-state index is -0.816. The third kappa shape index (κ3) is 3.28. The number of benzene rings is 2. The maximum absolute atomic E-state index is 12.6. The van der Waals surface area contributed by atoms with Crippen molar-refractivity contribution in [3.8, 4) is 6.07 Å². The number of rotatable bonds is 4. The van der Waals surface area contributed by atoms with Crippen molar-refractivity contribution in [1.29, 1.82) is 5.26 Å². The minimum Gasteiger partial charge on any atom is -0.452 e. The van der Waals surface area contributed by atoms with Crippen LogP contribution < -0.4 is 5.32 Å². The Bertz CT molecular complexity index is 942. The number of carbonyl (C=O) groups is 2. The highest BCUT2D eigenvalue weighted by atomic mass is 16.5. The highest BCUT2D eigenvalue weighted by Crippen LogP contribution is 2.33. The summed E-state index contributed by atoms with van der Waals surface area (Å²) in [6, 6.07) is 12.0. The van der Waals surface area contributed by atoms with E-state index in [1.165, 1.54) is 11.1 Å². The summed E-state index contributed by atoms with van der Waals surface area (Å²) in [5.41, 5.74) is 2.17. The third-order valence-electron chi connectivity index (χ3n) is 5.73. The van der Waals surface area contributed by atoms with Gasteiger partial charge in [-0.05, 0) is 53.6 Å². The standard InChI is InChI=1S/C22H22N2O3/c23-14-22(11-2-1-3-12-22)24-19(25)13-27-21(26)18-10-9-16-8-7-15-5-4-6-17(18)20(15)16/h4-6,9-10H,1-3,7-8,11-13H2,(H,24,25). The zero-order valence-corrected chi connectivity index (χ0v) is 15.2. The average Bonchev–Trinajstić information content (AvgIpc) is 3.12. The summed E-state index contributed by atoms with van der Waals surface area (Å²) >= 11 is 0. The van der Waals surface area contributed by atoms with Crippen molar-refractivity contribution in [2.45, 2.75) is 50.5 Å². The summed E-state index contributed by atoms with van der Waals surface area (Å²) in [5.74, 6) is -0.923. The van der Waals surface area contributed by atoms with Crippen LogP contribution in [0.2, 0.25) is 0 Å². The molecule has 2 aromatic rings. The summed E-state index contributed by atoms with van der Waals surface area (Å²) in [7, 11) is 0. The number of hydrogen-bond donors (Lipinski definition) is 1. The first kappa shape index (κ1) is 17.5. The van der Waals surface area contributed by atoms with Gasteiger partial charge in [-0.15, -0.1) is 0 Å².